The van der Waals surface area contributed by atoms with Gasteiger partial charge in [-0.25, -0.2) is 0 Å². The van der Waals surface area contributed by atoms with Crippen molar-refractivity contribution < 1.29 is 34.4 Å². The second kappa shape index (κ2) is 29.8. The molecular formula is C36H62O7. The van der Waals surface area contributed by atoms with Crippen molar-refractivity contribution in [2.24, 2.45) is 5.92 Å². The predicted octanol–water partition coefficient (Wildman–Crippen LogP) is 7.69. The second-order valence-electron chi connectivity index (χ2n) is 11.7. The van der Waals surface area contributed by atoms with Gasteiger partial charge in [0.2, 0.25) is 0 Å². The van der Waals surface area contributed by atoms with Crippen LogP contribution in [0.4, 0.5) is 0 Å². The Balaban J connectivity index is 3.78. The normalized spacial score (nSPS) is 14.4. The van der Waals surface area contributed by atoms with Crippen LogP contribution in [0.1, 0.15) is 130 Å². The highest BCUT2D eigenvalue weighted by Gasteiger charge is 2.16. The molecule has 248 valence electrons. The number of carbonyl (C=O) groups is 2. The number of hydrogen-bond donors (Lipinski definition) is 3. The Morgan fingerprint density at radius 1 is 0.581 bits per heavy atom. The summed E-state index contributed by atoms with van der Waals surface area (Å²) in [6.07, 6.45) is 27.9. The van der Waals surface area contributed by atoms with E-state index in [1.807, 2.05) is 12.2 Å². The molecular weight excluding hydrogens is 544 g/mol. The molecule has 3 atom stereocenters. The zero-order valence-corrected chi connectivity index (χ0v) is 27.3. The highest BCUT2D eigenvalue weighted by atomic mass is 16.6. The molecule has 0 aromatic carbocycles. The van der Waals surface area contributed by atoms with E-state index in [9.17, 15) is 24.9 Å². The zero-order chi connectivity index (χ0) is 32.0. The first-order valence-corrected chi connectivity index (χ1v) is 16.7. The van der Waals surface area contributed by atoms with Gasteiger partial charge in [0.1, 0.15) is 19.3 Å². The Kier molecular flexibility index (Phi) is 28.3. The van der Waals surface area contributed by atoms with Crippen LogP contribution in [0.3, 0.4) is 0 Å². The lowest BCUT2D eigenvalue weighted by Crippen LogP contribution is -2.26. The summed E-state index contributed by atoms with van der Waals surface area (Å²) >= 11 is 0. The first-order chi connectivity index (χ1) is 20.8. The van der Waals surface area contributed by atoms with Crippen LogP contribution in [0.25, 0.3) is 0 Å². The molecule has 0 aromatic heterocycles. The highest BCUT2D eigenvalue weighted by molar-refractivity contribution is 5.69. The molecule has 0 fully saturated rings. The van der Waals surface area contributed by atoms with E-state index in [0.717, 1.165) is 50.9 Å². The number of allylic oxidation sites excluding steroid dienone is 7. The molecule has 0 saturated carbocycles. The van der Waals surface area contributed by atoms with E-state index in [4.69, 9.17) is 9.47 Å². The van der Waals surface area contributed by atoms with Gasteiger partial charge >= 0.3 is 11.9 Å². The third-order valence-corrected chi connectivity index (χ3v) is 6.96. The largest absolute Gasteiger partial charge is 0.463 e. The molecule has 43 heavy (non-hydrogen) atoms. The van der Waals surface area contributed by atoms with E-state index >= 15 is 0 Å². The summed E-state index contributed by atoms with van der Waals surface area (Å²) in [7, 11) is 0. The maximum Gasteiger partial charge on any atom is 0.305 e. The maximum absolute atomic E-state index is 11.9. The van der Waals surface area contributed by atoms with E-state index in [-0.39, 0.29) is 32.0 Å². The van der Waals surface area contributed by atoms with Crippen molar-refractivity contribution in [3.8, 4) is 0 Å². The van der Waals surface area contributed by atoms with Crippen molar-refractivity contribution in [1.82, 2.24) is 0 Å². The number of hydrogen-bond acceptors (Lipinski definition) is 7. The summed E-state index contributed by atoms with van der Waals surface area (Å²) < 4.78 is 10.1. The van der Waals surface area contributed by atoms with Crippen LogP contribution < -0.4 is 0 Å². The number of esters is 2. The minimum absolute atomic E-state index is 0.0674. The van der Waals surface area contributed by atoms with Crippen molar-refractivity contribution in [2.75, 3.05) is 13.2 Å². The molecule has 0 heterocycles. The fourth-order valence-corrected chi connectivity index (χ4v) is 4.30. The molecule has 0 aliphatic heterocycles. The van der Waals surface area contributed by atoms with Gasteiger partial charge < -0.3 is 24.8 Å². The smallest absolute Gasteiger partial charge is 0.305 e. The Morgan fingerprint density at radius 3 is 1.58 bits per heavy atom. The molecule has 3 N–H and O–H groups in total. The minimum atomic E-state index is -1.07. The van der Waals surface area contributed by atoms with E-state index in [1.165, 1.54) is 32.1 Å². The fourth-order valence-electron chi connectivity index (χ4n) is 4.30. The summed E-state index contributed by atoms with van der Waals surface area (Å²) in [5.41, 5.74) is 0. The van der Waals surface area contributed by atoms with Gasteiger partial charge in [-0.1, -0.05) is 114 Å². The van der Waals surface area contributed by atoms with Gasteiger partial charge in [-0.05, 0) is 57.3 Å². The van der Waals surface area contributed by atoms with E-state index in [0.29, 0.717) is 19.3 Å². The van der Waals surface area contributed by atoms with E-state index in [1.54, 1.807) is 0 Å². The fraction of sp³-hybridized carbons (Fsp3) is 0.722. The Labute approximate surface area is 262 Å². The second-order valence-corrected chi connectivity index (χ2v) is 11.7. The van der Waals surface area contributed by atoms with Crippen LogP contribution >= 0.6 is 0 Å². The average Bonchev–Trinajstić information content (AvgIpc) is 2.98. The molecule has 0 spiro atoms. The van der Waals surface area contributed by atoms with E-state index < -0.39 is 24.3 Å². The topological polar surface area (TPSA) is 113 Å². The molecule has 0 aliphatic rings. The number of carbonyl (C=O) groups excluding carboxylic acids is 2. The molecule has 0 radical (unpaired) electrons. The SMILES string of the molecule is CC/C=C\C/C=C\C/C=C\C/C=C\C[C@H](O)[C@@H](O)CCCC(=O)OC[C@H](O)COC(=O)CCCCCCCCCC(C)C. The van der Waals surface area contributed by atoms with Crippen LogP contribution in [0.2, 0.25) is 0 Å². The lowest BCUT2D eigenvalue weighted by molar-refractivity contribution is -0.152. The van der Waals surface area contributed by atoms with Crippen molar-refractivity contribution >= 4 is 11.9 Å². The van der Waals surface area contributed by atoms with Gasteiger partial charge in [-0.15, -0.1) is 0 Å². The maximum atomic E-state index is 11.9. The average molecular weight is 607 g/mol. The van der Waals surface area contributed by atoms with Crippen molar-refractivity contribution in [1.29, 1.82) is 0 Å². The third kappa shape index (κ3) is 29.6. The predicted molar refractivity (Wildman–Crippen MR) is 175 cm³/mol. The molecule has 7 heteroatoms. The Hall–Kier alpha value is -2.22. The van der Waals surface area contributed by atoms with Crippen LogP contribution in [0.5, 0.6) is 0 Å². The quantitative estimate of drug-likeness (QED) is 0.0475. The molecule has 7 nitrogen and oxygen atoms in total. The highest BCUT2D eigenvalue weighted by Crippen LogP contribution is 2.13. The number of aliphatic hydroxyl groups is 3. The number of rotatable bonds is 28. The first kappa shape index (κ1) is 40.8. The van der Waals surface area contributed by atoms with Gasteiger partial charge in [-0.3, -0.25) is 9.59 Å². The van der Waals surface area contributed by atoms with Gasteiger partial charge in [0, 0.05) is 12.8 Å². The molecule has 0 rings (SSSR count). The van der Waals surface area contributed by atoms with Gasteiger partial charge in [-0.2, -0.15) is 0 Å². The Morgan fingerprint density at radius 2 is 1.05 bits per heavy atom. The number of ether oxygens (including phenoxy) is 2. The molecule has 0 amide bonds. The van der Waals surface area contributed by atoms with Crippen molar-refractivity contribution in [3.05, 3.63) is 48.6 Å². The number of unbranched alkanes of at least 4 members (excludes halogenated alkanes) is 6. The van der Waals surface area contributed by atoms with Gasteiger partial charge in [0.15, 0.2) is 0 Å². The van der Waals surface area contributed by atoms with Crippen molar-refractivity contribution in [2.45, 2.75) is 148 Å². The zero-order valence-electron chi connectivity index (χ0n) is 27.3. The lowest BCUT2D eigenvalue weighted by atomic mass is 10.0. The molecule has 0 bridgehead atoms. The van der Waals surface area contributed by atoms with Crippen LogP contribution in [-0.4, -0.2) is 58.8 Å². The molecule has 0 unspecified atom stereocenters. The van der Waals surface area contributed by atoms with Crippen molar-refractivity contribution in [3.63, 3.8) is 0 Å². The number of aliphatic hydroxyl groups excluding tert-OH is 3. The summed E-state index contributed by atoms with van der Waals surface area (Å²) in [5, 5.41) is 30.2. The summed E-state index contributed by atoms with van der Waals surface area (Å²) in [4.78, 5) is 23.8. The summed E-state index contributed by atoms with van der Waals surface area (Å²) in [6.45, 7) is 6.17. The molecule has 0 saturated heterocycles. The molecule has 0 aliphatic carbocycles. The monoisotopic (exact) mass is 606 g/mol. The van der Waals surface area contributed by atoms with Gasteiger partial charge in [0.25, 0.3) is 0 Å². The van der Waals surface area contributed by atoms with Crippen LogP contribution in [-0.2, 0) is 19.1 Å². The third-order valence-electron chi connectivity index (χ3n) is 6.96. The summed E-state index contributed by atoms with van der Waals surface area (Å²) in [5.74, 6) is -0.0779. The minimum Gasteiger partial charge on any atom is -0.463 e. The molecule has 0 aromatic rings. The van der Waals surface area contributed by atoms with E-state index in [2.05, 4.69) is 57.2 Å². The standard InChI is InChI=1S/C36H62O7/c1-4-5-6-7-8-9-10-11-12-15-18-21-25-33(38)34(39)26-23-28-36(41)43-30-32(37)29-42-35(40)27-22-19-16-13-14-17-20-24-31(2)3/h5-6,8-9,11-12,18,21,31-34,37-39H,4,7,10,13-17,19-20,22-30H2,1-3H3/b6-5-,9-8-,12-11-,21-18-/t32-,33+,34+/m1/s1. The lowest BCUT2D eigenvalue weighted by Gasteiger charge is -2.16. The van der Waals surface area contributed by atoms with Crippen LogP contribution in [0.15, 0.2) is 48.6 Å². The Bertz CT molecular complexity index is 784. The van der Waals surface area contributed by atoms with Crippen LogP contribution in [0, 0.1) is 5.92 Å². The first-order valence-electron chi connectivity index (χ1n) is 16.7. The van der Waals surface area contributed by atoms with Gasteiger partial charge in [0.05, 0.1) is 12.2 Å². The summed E-state index contributed by atoms with van der Waals surface area (Å²) in [6, 6.07) is 0.